The van der Waals surface area contributed by atoms with Crippen molar-refractivity contribution in [3.63, 3.8) is 0 Å². The Morgan fingerprint density at radius 3 is 2.29 bits per heavy atom. The molecule has 8 heteroatoms. The van der Waals surface area contributed by atoms with Crippen molar-refractivity contribution in [2.24, 2.45) is 5.41 Å². The van der Waals surface area contributed by atoms with Crippen LogP contribution in [0.25, 0.3) is 0 Å². The summed E-state index contributed by atoms with van der Waals surface area (Å²) in [6, 6.07) is 8.39. The van der Waals surface area contributed by atoms with Crippen LogP contribution in [-0.4, -0.2) is 27.5 Å². The van der Waals surface area contributed by atoms with E-state index in [1.54, 1.807) is 20.8 Å². The van der Waals surface area contributed by atoms with E-state index < -0.39 is 26.8 Å². The molecule has 0 N–H and O–H groups in total. The van der Waals surface area contributed by atoms with Gasteiger partial charge in [0.1, 0.15) is 11.4 Å². The van der Waals surface area contributed by atoms with Crippen LogP contribution in [0.15, 0.2) is 41.3 Å². The molecule has 0 aliphatic heterocycles. The summed E-state index contributed by atoms with van der Waals surface area (Å²) in [5.41, 5.74) is -0.395. The molecule has 0 saturated heterocycles. The summed E-state index contributed by atoms with van der Waals surface area (Å²) in [5, 5.41) is 0.426. The zero-order valence-electron chi connectivity index (χ0n) is 18.1. The maximum atomic E-state index is 15.4. The predicted molar refractivity (Wildman–Crippen MR) is 120 cm³/mol. The van der Waals surface area contributed by atoms with Crippen molar-refractivity contribution >= 4 is 33.0 Å². The number of methoxy groups -OCH3 is 1. The molecule has 0 spiro atoms. The molecule has 0 radical (unpaired) electrons. The molecule has 2 aromatic carbocycles. The maximum Gasteiger partial charge on any atom is 0.232 e. The molecular weight excluding hydrogens is 441 g/mol. The molecule has 0 aromatic heterocycles. The summed E-state index contributed by atoms with van der Waals surface area (Å²) in [4.78, 5) is 14.7. The molecule has 1 fully saturated rings. The molecule has 168 valence electrons. The zero-order valence-corrected chi connectivity index (χ0v) is 19.7. The first-order valence-corrected chi connectivity index (χ1v) is 12.2. The second-order valence-corrected chi connectivity index (χ2v) is 11.3. The highest BCUT2D eigenvalue weighted by molar-refractivity contribution is 7.90. The number of hydrogen-bond acceptors (Lipinski definition) is 4. The number of amides is 1. The van der Waals surface area contributed by atoms with Gasteiger partial charge in [-0.15, -0.1) is 0 Å². The van der Waals surface area contributed by atoms with Crippen LogP contribution in [0.1, 0.15) is 45.6 Å². The summed E-state index contributed by atoms with van der Waals surface area (Å²) in [5.74, 6) is -1.13. The van der Waals surface area contributed by atoms with E-state index in [1.807, 2.05) is 0 Å². The number of carbonyl (C=O) groups excluding carboxylic acids is 1. The summed E-state index contributed by atoms with van der Waals surface area (Å²) in [6.07, 6.45) is 2.55. The first-order chi connectivity index (χ1) is 14.4. The summed E-state index contributed by atoms with van der Waals surface area (Å²) in [7, 11) is -2.33. The quantitative estimate of drug-likeness (QED) is 0.571. The van der Waals surface area contributed by atoms with E-state index in [-0.39, 0.29) is 33.8 Å². The first-order valence-electron chi connectivity index (χ1n) is 10.1. The predicted octanol–water partition coefficient (Wildman–Crippen LogP) is 5.39. The second kappa shape index (κ2) is 8.79. The summed E-state index contributed by atoms with van der Waals surface area (Å²) >= 11 is 5.84. The summed E-state index contributed by atoms with van der Waals surface area (Å²) in [6.45, 7) is 5.37. The van der Waals surface area contributed by atoms with Gasteiger partial charge in [-0.2, -0.15) is 0 Å². The van der Waals surface area contributed by atoms with Crippen LogP contribution in [0.3, 0.4) is 0 Å². The normalized spacial score (nSPS) is 14.8. The molecule has 0 unspecified atom stereocenters. The number of rotatable bonds is 6. The second-order valence-electron chi connectivity index (χ2n) is 8.85. The van der Waals surface area contributed by atoms with E-state index in [1.165, 1.54) is 48.4 Å². The van der Waals surface area contributed by atoms with Gasteiger partial charge in [0.15, 0.2) is 15.7 Å². The molecule has 1 aliphatic rings. The molecule has 0 heterocycles. The lowest BCUT2D eigenvalue weighted by Crippen LogP contribution is -2.49. The third kappa shape index (κ3) is 5.04. The molecule has 0 atom stereocenters. The van der Waals surface area contributed by atoms with E-state index in [0.29, 0.717) is 5.02 Å². The van der Waals surface area contributed by atoms with E-state index >= 15 is 4.39 Å². The lowest BCUT2D eigenvalue weighted by atomic mass is 9.86. The van der Waals surface area contributed by atoms with E-state index in [4.69, 9.17) is 16.3 Å². The molecular formula is C23H27ClFNO4S. The van der Waals surface area contributed by atoms with Crippen molar-refractivity contribution in [3.05, 3.63) is 52.8 Å². The largest absolute Gasteiger partial charge is 0.494 e. The van der Waals surface area contributed by atoms with Gasteiger partial charge in [0.25, 0.3) is 0 Å². The number of halogens is 2. The number of sulfone groups is 1. The average molecular weight is 468 g/mol. The number of hydrogen-bond donors (Lipinski definition) is 0. The van der Waals surface area contributed by atoms with Crippen LogP contribution < -0.4 is 9.64 Å². The van der Waals surface area contributed by atoms with Crippen LogP contribution in [-0.2, 0) is 20.4 Å². The molecule has 5 nitrogen and oxygen atoms in total. The lowest BCUT2D eigenvalue weighted by molar-refractivity contribution is -0.126. The van der Waals surface area contributed by atoms with E-state index in [9.17, 15) is 13.2 Å². The fourth-order valence-electron chi connectivity index (χ4n) is 3.50. The monoisotopic (exact) mass is 467 g/mol. The van der Waals surface area contributed by atoms with Crippen molar-refractivity contribution in [2.75, 3.05) is 12.0 Å². The van der Waals surface area contributed by atoms with Crippen molar-refractivity contribution in [3.8, 4) is 5.75 Å². The van der Waals surface area contributed by atoms with Gasteiger partial charge < -0.3 is 9.64 Å². The first kappa shape index (κ1) is 23.5. The minimum absolute atomic E-state index is 0.0692. The molecule has 0 bridgehead atoms. The molecule has 1 amide bonds. The summed E-state index contributed by atoms with van der Waals surface area (Å²) < 4.78 is 46.3. The SMILES string of the molecule is COc1cc(CS(=O)(=O)c2ccc(Cl)cc2)cc(F)c1N(C(=O)C(C)(C)C)C1CCC1. The fourth-order valence-corrected chi connectivity index (χ4v) is 4.95. The van der Waals surface area contributed by atoms with Crippen LogP contribution in [0.4, 0.5) is 10.1 Å². The lowest BCUT2D eigenvalue weighted by Gasteiger charge is -2.41. The van der Waals surface area contributed by atoms with Gasteiger partial charge in [-0.25, -0.2) is 12.8 Å². The Hall–Kier alpha value is -2.12. The number of benzene rings is 2. The highest BCUT2D eigenvalue weighted by atomic mass is 35.5. The van der Waals surface area contributed by atoms with Crippen LogP contribution >= 0.6 is 11.6 Å². The van der Waals surface area contributed by atoms with E-state index in [0.717, 1.165) is 19.3 Å². The molecule has 31 heavy (non-hydrogen) atoms. The van der Waals surface area contributed by atoms with Crippen LogP contribution in [0.2, 0.25) is 5.02 Å². The minimum Gasteiger partial charge on any atom is -0.494 e. The maximum absolute atomic E-state index is 15.4. The Bertz CT molecular complexity index is 1070. The van der Waals surface area contributed by atoms with Crippen molar-refractivity contribution in [1.82, 2.24) is 0 Å². The Morgan fingerprint density at radius 1 is 1.19 bits per heavy atom. The molecule has 2 aromatic rings. The van der Waals surface area contributed by atoms with Gasteiger partial charge in [0, 0.05) is 16.5 Å². The van der Waals surface area contributed by atoms with Crippen molar-refractivity contribution in [2.45, 2.75) is 56.7 Å². The van der Waals surface area contributed by atoms with Crippen molar-refractivity contribution < 1.29 is 22.3 Å². The highest BCUT2D eigenvalue weighted by Gasteiger charge is 2.38. The minimum atomic E-state index is -3.72. The average Bonchev–Trinajstić information content (AvgIpc) is 2.63. The molecule has 1 aliphatic carbocycles. The topological polar surface area (TPSA) is 63.7 Å². The van der Waals surface area contributed by atoms with Gasteiger partial charge in [0.05, 0.1) is 17.8 Å². The number of carbonyl (C=O) groups is 1. The Kier molecular flexibility index (Phi) is 6.67. The van der Waals surface area contributed by atoms with Crippen LogP contribution in [0, 0.1) is 11.2 Å². The third-order valence-electron chi connectivity index (χ3n) is 5.38. The molecule has 3 rings (SSSR count). The van der Waals surface area contributed by atoms with E-state index in [2.05, 4.69) is 0 Å². The Labute approximate surface area is 188 Å². The Balaban J connectivity index is 2.01. The highest BCUT2D eigenvalue weighted by Crippen LogP contribution is 2.41. The van der Waals surface area contributed by atoms with Crippen molar-refractivity contribution in [1.29, 1.82) is 0 Å². The molecule has 1 saturated carbocycles. The van der Waals surface area contributed by atoms with Gasteiger partial charge in [-0.3, -0.25) is 4.79 Å². The van der Waals surface area contributed by atoms with Gasteiger partial charge in [0.2, 0.25) is 5.91 Å². The fraction of sp³-hybridized carbons (Fsp3) is 0.435. The van der Waals surface area contributed by atoms with Gasteiger partial charge >= 0.3 is 0 Å². The standard InChI is InChI=1S/C23H27ClFNO4S/c1-23(2,3)22(27)26(17-6-5-7-17)21-19(25)12-15(13-20(21)30-4)14-31(28,29)18-10-8-16(24)9-11-18/h8-13,17H,5-7,14H2,1-4H3. The number of nitrogens with zero attached hydrogens (tertiary/aromatic N) is 1. The zero-order chi connectivity index (χ0) is 23.0. The third-order valence-corrected chi connectivity index (χ3v) is 7.33. The number of ether oxygens (including phenoxy) is 1. The van der Waals surface area contributed by atoms with Gasteiger partial charge in [-0.05, 0) is 61.2 Å². The number of anilines is 1. The Morgan fingerprint density at radius 2 is 1.81 bits per heavy atom. The van der Waals surface area contributed by atoms with Gasteiger partial charge in [-0.1, -0.05) is 32.4 Å². The smallest absolute Gasteiger partial charge is 0.232 e. The van der Waals surface area contributed by atoms with Crippen LogP contribution in [0.5, 0.6) is 5.75 Å².